The van der Waals surface area contributed by atoms with Crippen molar-refractivity contribution in [3.05, 3.63) is 34.6 Å². The molecule has 27 heavy (non-hydrogen) atoms. The summed E-state index contributed by atoms with van der Waals surface area (Å²) in [6.45, 7) is 6.33. The molecule has 2 N–H and O–H groups in total. The van der Waals surface area contributed by atoms with Crippen LogP contribution in [-0.2, 0) is 9.53 Å². The van der Waals surface area contributed by atoms with Crippen molar-refractivity contribution in [2.45, 2.75) is 38.3 Å². The molecule has 2 saturated heterocycles. The number of halogens is 2. The Morgan fingerprint density at radius 3 is 3.07 bits per heavy atom. The van der Waals surface area contributed by atoms with Gasteiger partial charge in [0.2, 0.25) is 5.91 Å². The molecule has 2 heterocycles. The molecule has 0 radical (unpaired) electrons. The standard InChI is InChI=1S/C20H29ClFN3O2/c1-14-13-25(9-10-27-14)18(20-16(21)3-2-4-17(20)22)12-24-19(26)6-5-15-7-8-23-11-15/h2-4,14-15,18,23H,5-13H2,1H3,(H,24,26). The van der Waals surface area contributed by atoms with Crippen molar-refractivity contribution in [1.82, 2.24) is 15.5 Å². The Balaban J connectivity index is 1.65. The van der Waals surface area contributed by atoms with Gasteiger partial charge >= 0.3 is 0 Å². The van der Waals surface area contributed by atoms with Gasteiger partial charge in [-0.2, -0.15) is 0 Å². The molecule has 1 aromatic rings. The van der Waals surface area contributed by atoms with Crippen LogP contribution in [-0.4, -0.2) is 56.2 Å². The molecule has 2 aliphatic heterocycles. The molecular formula is C20H29ClFN3O2. The topological polar surface area (TPSA) is 53.6 Å². The van der Waals surface area contributed by atoms with E-state index in [0.717, 1.165) is 25.9 Å². The van der Waals surface area contributed by atoms with Crippen LogP contribution in [0.1, 0.15) is 37.8 Å². The molecule has 2 fully saturated rings. The first-order valence-electron chi connectivity index (χ1n) is 9.81. The third kappa shape index (κ3) is 5.64. The summed E-state index contributed by atoms with van der Waals surface area (Å²) in [6, 6.07) is 4.43. The maximum absolute atomic E-state index is 14.6. The summed E-state index contributed by atoms with van der Waals surface area (Å²) in [5.74, 6) is 0.256. The Morgan fingerprint density at radius 1 is 1.52 bits per heavy atom. The van der Waals surface area contributed by atoms with E-state index in [0.29, 0.717) is 49.2 Å². The van der Waals surface area contributed by atoms with Crippen molar-refractivity contribution in [2.75, 3.05) is 39.3 Å². The van der Waals surface area contributed by atoms with E-state index in [4.69, 9.17) is 16.3 Å². The van der Waals surface area contributed by atoms with Crippen LogP contribution in [0.5, 0.6) is 0 Å². The van der Waals surface area contributed by atoms with E-state index in [-0.39, 0.29) is 23.9 Å². The number of nitrogens with one attached hydrogen (secondary N) is 2. The Hall–Kier alpha value is -1.21. The summed E-state index contributed by atoms with van der Waals surface area (Å²) in [5, 5.41) is 6.72. The highest BCUT2D eigenvalue weighted by Crippen LogP contribution is 2.31. The highest BCUT2D eigenvalue weighted by Gasteiger charge is 2.29. The highest BCUT2D eigenvalue weighted by atomic mass is 35.5. The summed E-state index contributed by atoms with van der Waals surface area (Å²) in [7, 11) is 0. The van der Waals surface area contributed by atoms with E-state index in [1.807, 2.05) is 6.92 Å². The lowest BCUT2D eigenvalue weighted by molar-refractivity contribution is -0.121. The number of amides is 1. The van der Waals surface area contributed by atoms with Gasteiger partial charge in [0, 0.05) is 36.6 Å². The molecule has 0 spiro atoms. The zero-order valence-corrected chi connectivity index (χ0v) is 16.6. The minimum absolute atomic E-state index is 0.0145. The van der Waals surface area contributed by atoms with Crippen LogP contribution in [0.2, 0.25) is 5.02 Å². The van der Waals surface area contributed by atoms with Gasteiger partial charge in [0.05, 0.1) is 18.8 Å². The second-order valence-corrected chi connectivity index (χ2v) is 7.94. The first-order chi connectivity index (χ1) is 13.0. The van der Waals surface area contributed by atoms with Crippen LogP contribution >= 0.6 is 11.6 Å². The van der Waals surface area contributed by atoms with E-state index in [2.05, 4.69) is 15.5 Å². The molecule has 3 atom stereocenters. The van der Waals surface area contributed by atoms with E-state index >= 15 is 0 Å². The third-order valence-electron chi connectivity index (χ3n) is 5.48. The molecule has 0 aromatic heterocycles. The maximum atomic E-state index is 14.6. The first-order valence-corrected chi connectivity index (χ1v) is 10.2. The van der Waals surface area contributed by atoms with Gasteiger partial charge in [-0.1, -0.05) is 17.7 Å². The SMILES string of the molecule is CC1CN(C(CNC(=O)CCC2CCNC2)c2c(F)cccc2Cl)CCO1. The quantitative estimate of drug-likeness (QED) is 0.742. The number of benzene rings is 1. The molecule has 3 unspecified atom stereocenters. The smallest absolute Gasteiger partial charge is 0.220 e. The molecule has 1 aromatic carbocycles. The Kier molecular flexibility index (Phi) is 7.47. The third-order valence-corrected chi connectivity index (χ3v) is 5.81. The summed E-state index contributed by atoms with van der Waals surface area (Å²) in [6.07, 6.45) is 2.59. The lowest BCUT2D eigenvalue weighted by atomic mass is 10.0. The zero-order chi connectivity index (χ0) is 19.2. The van der Waals surface area contributed by atoms with E-state index < -0.39 is 0 Å². The fourth-order valence-electron chi connectivity index (χ4n) is 3.97. The number of hydrogen-bond acceptors (Lipinski definition) is 4. The number of ether oxygens (including phenoxy) is 1. The van der Waals surface area contributed by atoms with Gasteiger partial charge < -0.3 is 15.4 Å². The lowest BCUT2D eigenvalue weighted by Crippen LogP contribution is -2.47. The van der Waals surface area contributed by atoms with Gasteiger partial charge in [-0.15, -0.1) is 0 Å². The number of carbonyl (C=O) groups excluding carboxylic acids is 1. The fraction of sp³-hybridized carbons (Fsp3) is 0.650. The second kappa shape index (κ2) is 9.82. The summed E-state index contributed by atoms with van der Waals surface area (Å²) in [4.78, 5) is 14.5. The molecule has 0 bridgehead atoms. The number of carbonyl (C=O) groups is 1. The van der Waals surface area contributed by atoms with Crippen molar-refractivity contribution in [2.24, 2.45) is 5.92 Å². The normalized spacial score (nSPS) is 24.7. The van der Waals surface area contributed by atoms with Crippen molar-refractivity contribution in [1.29, 1.82) is 0 Å². The van der Waals surface area contributed by atoms with Gasteiger partial charge in [0.1, 0.15) is 5.82 Å². The predicted octanol–water partition coefficient (Wildman–Crippen LogP) is 2.75. The number of rotatable bonds is 7. The Morgan fingerprint density at radius 2 is 2.37 bits per heavy atom. The zero-order valence-electron chi connectivity index (χ0n) is 15.8. The first kappa shape index (κ1) is 20.5. The van der Waals surface area contributed by atoms with Gasteiger partial charge in [-0.3, -0.25) is 9.69 Å². The molecule has 5 nitrogen and oxygen atoms in total. The van der Waals surface area contributed by atoms with Crippen LogP contribution in [0.15, 0.2) is 18.2 Å². The molecule has 150 valence electrons. The van der Waals surface area contributed by atoms with E-state index in [1.54, 1.807) is 12.1 Å². The largest absolute Gasteiger partial charge is 0.376 e. The van der Waals surface area contributed by atoms with Gasteiger partial charge in [-0.25, -0.2) is 4.39 Å². The lowest BCUT2D eigenvalue weighted by Gasteiger charge is -2.38. The average molecular weight is 398 g/mol. The summed E-state index contributed by atoms with van der Waals surface area (Å²) >= 11 is 6.32. The summed E-state index contributed by atoms with van der Waals surface area (Å²) < 4.78 is 20.2. The minimum atomic E-state index is -0.335. The van der Waals surface area contributed by atoms with Crippen LogP contribution < -0.4 is 10.6 Å². The highest BCUT2D eigenvalue weighted by molar-refractivity contribution is 6.31. The number of nitrogens with zero attached hydrogens (tertiary/aromatic N) is 1. The number of morpholine rings is 1. The van der Waals surface area contributed by atoms with Crippen LogP contribution in [0.4, 0.5) is 4.39 Å². The molecule has 0 aliphatic carbocycles. The van der Waals surface area contributed by atoms with Crippen molar-refractivity contribution >= 4 is 17.5 Å². The molecule has 0 saturated carbocycles. The van der Waals surface area contributed by atoms with E-state index in [9.17, 15) is 9.18 Å². The fourth-order valence-corrected chi connectivity index (χ4v) is 4.26. The molecule has 3 rings (SSSR count). The van der Waals surface area contributed by atoms with Crippen LogP contribution in [0.3, 0.4) is 0 Å². The van der Waals surface area contributed by atoms with Gasteiger partial charge in [0.25, 0.3) is 0 Å². The van der Waals surface area contributed by atoms with Crippen LogP contribution in [0, 0.1) is 11.7 Å². The van der Waals surface area contributed by atoms with Gasteiger partial charge in [0.15, 0.2) is 0 Å². The summed E-state index contributed by atoms with van der Waals surface area (Å²) in [5.41, 5.74) is 0.452. The molecule has 7 heteroatoms. The Bertz CT molecular complexity index is 619. The molecule has 1 amide bonds. The van der Waals surface area contributed by atoms with Crippen molar-refractivity contribution in [3.63, 3.8) is 0 Å². The number of hydrogen-bond donors (Lipinski definition) is 2. The molecule has 2 aliphatic rings. The molecular weight excluding hydrogens is 369 g/mol. The average Bonchev–Trinajstić information content (AvgIpc) is 3.16. The van der Waals surface area contributed by atoms with Crippen molar-refractivity contribution in [3.8, 4) is 0 Å². The maximum Gasteiger partial charge on any atom is 0.220 e. The second-order valence-electron chi connectivity index (χ2n) is 7.53. The van der Waals surface area contributed by atoms with E-state index in [1.165, 1.54) is 6.07 Å². The van der Waals surface area contributed by atoms with Crippen molar-refractivity contribution < 1.29 is 13.9 Å². The predicted molar refractivity (Wildman–Crippen MR) is 104 cm³/mol. The Labute approximate surface area is 165 Å². The van der Waals surface area contributed by atoms with Gasteiger partial charge in [-0.05, 0) is 50.9 Å². The minimum Gasteiger partial charge on any atom is -0.376 e. The van der Waals surface area contributed by atoms with Crippen LogP contribution in [0.25, 0.3) is 0 Å². The monoisotopic (exact) mass is 397 g/mol.